The third-order valence-electron chi connectivity index (χ3n) is 4.06. The first-order valence-corrected chi connectivity index (χ1v) is 6.48. The maximum absolute atomic E-state index is 2.35. The maximum atomic E-state index is 2.35. The van der Waals surface area contributed by atoms with Gasteiger partial charge in [-0.2, -0.15) is 0 Å². The molecule has 0 spiro atoms. The number of fused-ring (bicyclic) bond motifs is 2. The molecule has 2 aromatic carbocycles. The first-order chi connectivity index (χ1) is 8.93. The Labute approximate surface area is 107 Å². The zero-order valence-corrected chi connectivity index (χ0v) is 10.1. The third-order valence-corrected chi connectivity index (χ3v) is 4.06. The van der Waals surface area contributed by atoms with E-state index in [1.54, 1.807) is 0 Å². The minimum Gasteiger partial charge on any atom is -0.0755 e. The number of benzene rings is 2. The quantitative estimate of drug-likeness (QED) is 0.671. The van der Waals surface area contributed by atoms with Crippen LogP contribution in [0.15, 0.2) is 60.7 Å². The molecular weight excluding hydrogens is 216 g/mol. The molecule has 4 rings (SSSR count). The summed E-state index contributed by atoms with van der Waals surface area (Å²) in [7, 11) is 0. The lowest BCUT2D eigenvalue weighted by molar-refractivity contribution is 0.759. The molecule has 0 fully saturated rings. The van der Waals surface area contributed by atoms with Crippen molar-refractivity contribution in [2.24, 2.45) is 0 Å². The second-order valence-corrected chi connectivity index (χ2v) is 5.03. The summed E-state index contributed by atoms with van der Waals surface area (Å²) in [4.78, 5) is 0. The van der Waals surface area contributed by atoms with Crippen molar-refractivity contribution in [1.29, 1.82) is 0 Å². The van der Waals surface area contributed by atoms with E-state index in [-0.39, 0.29) is 0 Å². The Morgan fingerprint density at radius 1 is 0.556 bits per heavy atom. The summed E-state index contributed by atoms with van der Waals surface area (Å²) >= 11 is 0. The lowest BCUT2D eigenvalue weighted by Crippen LogP contribution is -2.04. The molecular formula is C18H14. The van der Waals surface area contributed by atoms with Crippen LogP contribution in [0.4, 0.5) is 0 Å². The zero-order valence-electron chi connectivity index (χ0n) is 10.1. The van der Waals surface area contributed by atoms with Gasteiger partial charge in [-0.3, -0.25) is 0 Å². The summed E-state index contributed by atoms with van der Waals surface area (Å²) in [5.74, 6) is 1.00. The summed E-state index contributed by atoms with van der Waals surface area (Å²) in [6, 6.07) is 17.4. The van der Waals surface area contributed by atoms with Crippen LogP contribution < -0.4 is 0 Å². The van der Waals surface area contributed by atoms with Crippen LogP contribution in [0, 0.1) is 0 Å². The van der Waals surface area contributed by atoms with Crippen molar-refractivity contribution in [3.8, 4) is 0 Å². The van der Waals surface area contributed by atoms with Crippen molar-refractivity contribution in [2.75, 3.05) is 0 Å². The van der Waals surface area contributed by atoms with Gasteiger partial charge >= 0.3 is 0 Å². The van der Waals surface area contributed by atoms with Crippen LogP contribution in [0.25, 0.3) is 12.2 Å². The van der Waals surface area contributed by atoms with Crippen molar-refractivity contribution >= 4 is 12.2 Å². The van der Waals surface area contributed by atoms with Gasteiger partial charge in [0, 0.05) is 11.8 Å². The van der Waals surface area contributed by atoms with E-state index in [9.17, 15) is 0 Å². The van der Waals surface area contributed by atoms with E-state index in [4.69, 9.17) is 0 Å². The average molecular weight is 230 g/mol. The molecule has 0 amide bonds. The molecule has 0 aliphatic heterocycles. The summed E-state index contributed by atoms with van der Waals surface area (Å²) in [5, 5.41) is 0. The molecule has 2 aromatic rings. The highest BCUT2D eigenvalue weighted by Gasteiger charge is 2.28. The van der Waals surface area contributed by atoms with Gasteiger partial charge in [0.1, 0.15) is 0 Å². The smallest absolute Gasteiger partial charge is 0.0131 e. The fraction of sp³-hybridized carbons (Fsp3) is 0.111. The molecule has 0 saturated carbocycles. The van der Waals surface area contributed by atoms with Gasteiger partial charge in [-0.15, -0.1) is 0 Å². The van der Waals surface area contributed by atoms with E-state index in [0.29, 0.717) is 11.8 Å². The monoisotopic (exact) mass is 230 g/mol. The van der Waals surface area contributed by atoms with E-state index >= 15 is 0 Å². The van der Waals surface area contributed by atoms with Gasteiger partial charge in [-0.05, 0) is 22.3 Å². The highest BCUT2D eigenvalue weighted by atomic mass is 14.3. The Hall–Kier alpha value is -2.08. The SMILES string of the molecule is C1=C[C@@H]([C@H]2C=Cc3ccccc32)c2ccccc21. The second-order valence-electron chi connectivity index (χ2n) is 5.03. The van der Waals surface area contributed by atoms with Crippen LogP contribution in [0.3, 0.4) is 0 Å². The van der Waals surface area contributed by atoms with Crippen LogP contribution in [0.1, 0.15) is 34.1 Å². The molecule has 0 aromatic heterocycles. The predicted molar refractivity (Wildman–Crippen MR) is 76.4 cm³/mol. The van der Waals surface area contributed by atoms with Crippen molar-refractivity contribution in [1.82, 2.24) is 0 Å². The molecule has 2 aliphatic carbocycles. The van der Waals surface area contributed by atoms with Crippen LogP contribution in [-0.4, -0.2) is 0 Å². The van der Waals surface area contributed by atoms with Gasteiger partial charge < -0.3 is 0 Å². The summed E-state index contributed by atoms with van der Waals surface area (Å²) in [5.41, 5.74) is 5.67. The molecule has 2 aliphatic rings. The summed E-state index contributed by atoms with van der Waals surface area (Å²) in [6.45, 7) is 0. The summed E-state index contributed by atoms with van der Waals surface area (Å²) in [6.07, 6.45) is 9.22. The Morgan fingerprint density at radius 3 is 1.50 bits per heavy atom. The summed E-state index contributed by atoms with van der Waals surface area (Å²) < 4.78 is 0. The molecule has 18 heavy (non-hydrogen) atoms. The number of hydrogen-bond acceptors (Lipinski definition) is 0. The maximum Gasteiger partial charge on any atom is 0.0131 e. The molecule has 0 unspecified atom stereocenters. The largest absolute Gasteiger partial charge is 0.0755 e. The first kappa shape index (κ1) is 9.90. The fourth-order valence-corrected chi connectivity index (χ4v) is 3.18. The fourth-order valence-electron chi connectivity index (χ4n) is 3.18. The number of allylic oxidation sites excluding steroid dienone is 2. The van der Waals surface area contributed by atoms with Crippen LogP contribution in [0.2, 0.25) is 0 Å². The van der Waals surface area contributed by atoms with E-state index in [0.717, 1.165) is 0 Å². The van der Waals surface area contributed by atoms with Crippen molar-refractivity contribution < 1.29 is 0 Å². The molecule has 86 valence electrons. The topological polar surface area (TPSA) is 0 Å². The Balaban J connectivity index is 1.80. The molecule has 0 heterocycles. The van der Waals surface area contributed by atoms with Crippen LogP contribution in [0.5, 0.6) is 0 Å². The van der Waals surface area contributed by atoms with Gasteiger partial charge in [0.05, 0.1) is 0 Å². The number of rotatable bonds is 1. The molecule has 0 radical (unpaired) electrons. The zero-order chi connectivity index (χ0) is 11.9. The van der Waals surface area contributed by atoms with E-state index in [1.165, 1.54) is 22.3 Å². The van der Waals surface area contributed by atoms with Crippen molar-refractivity contribution in [3.05, 3.63) is 82.9 Å². The molecule has 0 N–H and O–H groups in total. The first-order valence-electron chi connectivity index (χ1n) is 6.48. The molecule has 0 bridgehead atoms. The normalized spacial score (nSPS) is 23.1. The average Bonchev–Trinajstić information content (AvgIpc) is 3.01. The van der Waals surface area contributed by atoms with Crippen LogP contribution >= 0.6 is 0 Å². The Bertz CT molecular complexity index is 602. The van der Waals surface area contributed by atoms with Crippen molar-refractivity contribution in [3.63, 3.8) is 0 Å². The van der Waals surface area contributed by atoms with Gasteiger partial charge in [0.25, 0.3) is 0 Å². The molecule has 0 nitrogen and oxygen atoms in total. The van der Waals surface area contributed by atoms with Crippen LogP contribution in [-0.2, 0) is 0 Å². The van der Waals surface area contributed by atoms with Gasteiger partial charge in [0.15, 0.2) is 0 Å². The minimum atomic E-state index is 0.501. The van der Waals surface area contributed by atoms with Gasteiger partial charge in [0.2, 0.25) is 0 Å². The van der Waals surface area contributed by atoms with Gasteiger partial charge in [-0.25, -0.2) is 0 Å². The van der Waals surface area contributed by atoms with Crippen molar-refractivity contribution in [2.45, 2.75) is 11.8 Å². The molecule has 0 heteroatoms. The predicted octanol–water partition coefficient (Wildman–Crippen LogP) is 4.61. The van der Waals surface area contributed by atoms with E-state index in [2.05, 4.69) is 72.8 Å². The van der Waals surface area contributed by atoms with E-state index < -0.39 is 0 Å². The third kappa shape index (κ3) is 1.32. The van der Waals surface area contributed by atoms with Gasteiger partial charge in [-0.1, -0.05) is 72.8 Å². The lowest BCUT2D eigenvalue weighted by Gasteiger charge is -2.19. The standard InChI is InChI=1S/C18H14/c1-3-7-15-13(5-1)9-11-17(15)18-12-10-14-6-2-4-8-16(14)18/h1-12,17-18H/t17-,18+. The Kier molecular flexibility index (Phi) is 2.04. The Morgan fingerprint density at radius 2 is 1.00 bits per heavy atom. The number of hydrogen-bond donors (Lipinski definition) is 0. The van der Waals surface area contributed by atoms with E-state index in [1.807, 2.05) is 0 Å². The molecule has 0 saturated heterocycles. The minimum absolute atomic E-state index is 0.501. The second kappa shape index (κ2) is 3.71. The molecule has 2 atom stereocenters. The lowest BCUT2D eigenvalue weighted by atomic mass is 9.84. The highest BCUT2D eigenvalue weighted by Crippen LogP contribution is 2.45. The highest BCUT2D eigenvalue weighted by molar-refractivity contribution is 5.68.